The predicted molar refractivity (Wildman–Crippen MR) is 105 cm³/mol. The molecular formula is C23H32O2. The molecule has 0 saturated carbocycles. The molecule has 0 aliphatic carbocycles. The highest BCUT2D eigenvalue weighted by atomic mass is 16.3. The Balaban J connectivity index is 2.08. The van der Waals surface area contributed by atoms with Crippen molar-refractivity contribution in [3.05, 3.63) is 70.8 Å². The fraction of sp³-hybridized carbons (Fsp3) is 0.478. The molecule has 0 fully saturated rings. The summed E-state index contributed by atoms with van der Waals surface area (Å²) in [6, 6.07) is 16.3. The number of hydrogen-bond acceptors (Lipinski definition) is 2. The summed E-state index contributed by atoms with van der Waals surface area (Å²) in [6.07, 6.45) is 1.24. The Morgan fingerprint density at radius 3 is 1.48 bits per heavy atom. The first-order valence-corrected chi connectivity index (χ1v) is 9.06. The van der Waals surface area contributed by atoms with Crippen molar-refractivity contribution in [3.8, 4) is 0 Å². The maximum atomic E-state index is 10.6. The highest BCUT2D eigenvalue weighted by molar-refractivity contribution is 5.34. The van der Waals surface area contributed by atoms with Crippen molar-refractivity contribution < 1.29 is 10.2 Å². The molecule has 0 spiro atoms. The van der Waals surface area contributed by atoms with Crippen LogP contribution in [0.5, 0.6) is 0 Å². The fourth-order valence-electron chi connectivity index (χ4n) is 3.05. The van der Waals surface area contributed by atoms with Crippen molar-refractivity contribution in [2.24, 2.45) is 10.8 Å². The third kappa shape index (κ3) is 5.98. The van der Waals surface area contributed by atoms with Gasteiger partial charge in [-0.05, 0) is 45.9 Å². The summed E-state index contributed by atoms with van der Waals surface area (Å²) in [5.41, 5.74) is 4.43. The van der Waals surface area contributed by atoms with E-state index in [9.17, 15) is 10.2 Å². The van der Waals surface area contributed by atoms with E-state index in [-0.39, 0.29) is 17.4 Å². The average Bonchev–Trinajstić information content (AvgIpc) is 2.54. The third-order valence-corrected chi connectivity index (χ3v) is 4.44. The van der Waals surface area contributed by atoms with Gasteiger partial charge in [0.15, 0.2) is 0 Å². The minimum Gasteiger partial charge on any atom is -0.396 e. The quantitative estimate of drug-likeness (QED) is 0.784. The molecule has 0 amide bonds. The first-order chi connectivity index (χ1) is 11.6. The summed E-state index contributed by atoms with van der Waals surface area (Å²) in [5, 5.41) is 20.0. The fourth-order valence-corrected chi connectivity index (χ4v) is 3.05. The summed E-state index contributed by atoms with van der Waals surface area (Å²) < 4.78 is 0. The van der Waals surface area contributed by atoms with Crippen molar-refractivity contribution in [1.82, 2.24) is 0 Å². The molecule has 136 valence electrons. The van der Waals surface area contributed by atoms with Crippen LogP contribution in [0.15, 0.2) is 48.5 Å². The molecule has 0 aromatic heterocycles. The molecule has 2 rings (SSSR count). The van der Waals surface area contributed by atoms with Gasteiger partial charge < -0.3 is 10.2 Å². The van der Waals surface area contributed by atoms with Crippen molar-refractivity contribution in [1.29, 1.82) is 0 Å². The average molecular weight is 341 g/mol. The Hall–Kier alpha value is -1.64. The van der Waals surface area contributed by atoms with Crippen LogP contribution in [0.25, 0.3) is 0 Å². The summed E-state index contributed by atoms with van der Waals surface area (Å²) in [4.78, 5) is 0. The third-order valence-electron chi connectivity index (χ3n) is 4.44. The van der Waals surface area contributed by atoms with E-state index in [4.69, 9.17) is 0 Å². The molecule has 0 bridgehead atoms. The molecule has 2 nitrogen and oxygen atoms in total. The highest BCUT2D eigenvalue weighted by Crippen LogP contribution is 2.27. The molecule has 2 heteroatoms. The molecule has 0 aliphatic heterocycles. The molecule has 1 atom stereocenters. The van der Waals surface area contributed by atoms with Gasteiger partial charge in [-0.15, -0.1) is 0 Å². The zero-order valence-corrected chi connectivity index (χ0v) is 16.2. The van der Waals surface area contributed by atoms with Gasteiger partial charge in [-0.2, -0.15) is 0 Å². The van der Waals surface area contributed by atoms with Crippen LogP contribution in [0.4, 0.5) is 0 Å². The molecule has 1 unspecified atom stereocenters. The van der Waals surface area contributed by atoms with Crippen LogP contribution in [0.2, 0.25) is 0 Å². The molecule has 2 aromatic rings. The summed E-state index contributed by atoms with van der Waals surface area (Å²) in [6.45, 7) is 11.0. The van der Waals surface area contributed by atoms with Crippen LogP contribution < -0.4 is 0 Å². The van der Waals surface area contributed by atoms with Crippen molar-refractivity contribution >= 4 is 0 Å². The molecule has 0 heterocycles. The van der Waals surface area contributed by atoms with Gasteiger partial charge >= 0.3 is 0 Å². The van der Waals surface area contributed by atoms with Crippen LogP contribution in [0.1, 0.15) is 63.0 Å². The van der Waals surface area contributed by atoms with Gasteiger partial charge in [0.1, 0.15) is 6.10 Å². The number of hydrogen-bond donors (Lipinski definition) is 2. The summed E-state index contributed by atoms with van der Waals surface area (Å²) in [5.74, 6) is 0. The monoisotopic (exact) mass is 340 g/mol. The second-order valence-electron chi connectivity index (χ2n) is 9.12. The molecular weight excluding hydrogens is 308 g/mol. The Labute approximate surface area is 152 Å². The van der Waals surface area contributed by atoms with E-state index in [0.717, 1.165) is 24.0 Å². The first-order valence-electron chi connectivity index (χ1n) is 9.06. The van der Waals surface area contributed by atoms with Crippen LogP contribution in [-0.2, 0) is 12.8 Å². The van der Waals surface area contributed by atoms with E-state index in [2.05, 4.69) is 46.8 Å². The summed E-state index contributed by atoms with van der Waals surface area (Å²) >= 11 is 0. The molecule has 0 aliphatic rings. The smallest absolute Gasteiger partial charge is 0.104 e. The van der Waals surface area contributed by atoms with E-state index in [1.807, 2.05) is 36.4 Å². The van der Waals surface area contributed by atoms with E-state index in [0.29, 0.717) is 0 Å². The lowest BCUT2D eigenvalue weighted by Crippen LogP contribution is -2.19. The number of aliphatic hydroxyl groups is 2. The predicted octanol–water partition coefficient (Wildman–Crippen LogP) is 4.92. The van der Waals surface area contributed by atoms with Gasteiger partial charge in [0, 0.05) is 6.61 Å². The minimum absolute atomic E-state index is 0.122. The van der Waals surface area contributed by atoms with E-state index < -0.39 is 6.10 Å². The maximum Gasteiger partial charge on any atom is 0.104 e. The van der Waals surface area contributed by atoms with Crippen LogP contribution in [0, 0.1) is 10.8 Å². The largest absolute Gasteiger partial charge is 0.396 e. The molecule has 2 N–H and O–H groups in total. The van der Waals surface area contributed by atoms with Gasteiger partial charge in [0.05, 0.1) is 0 Å². The molecule has 25 heavy (non-hydrogen) atoms. The SMILES string of the molecule is CC(C)(C)Cc1ccc(C(O)c2ccc(CC(C)(C)CO)cc2)cc1. The Morgan fingerprint density at radius 2 is 1.12 bits per heavy atom. The lowest BCUT2D eigenvalue weighted by molar-refractivity contribution is 0.159. The van der Waals surface area contributed by atoms with Crippen LogP contribution in [0.3, 0.4) is 0 Å². The summed E-state index contributed by atoms with van der Waals surface area (Å²) in [7, 11) is 0. The van der Waals surface area contributed by atoms with E-state index in [1.54, 1.807) is 0 Å². The Morgan fingerprint density at radius 1 is 0.720 bits per heavy atom. The van der Waals surface area contributed by atoms with Crippen LogP contribution >= 0.6 is 0 Å². The van der Waals surface area contributed by atoms with Crippen molar-refractivity contribution in [2.45, 2.75) is 53.6 Å². The maximum absolute atomic E-state index is 10.6. The highest BCUT2D eigenvalue weighted by Gasteiger charge is 2.18. The number of aliphatic hydroxyl groups excluding tert-OH is 2. The normalized spacial score (nSPS) is 13.7. The number of benzene rings is 2. The van der Waals surface area contributed by atoms with Crippen LogP contribution in [-0.4, -0.2) is 16.8 Å². The molecule has 0 radical (unpaired) electrons. The van der Waals surface area contributed by atoms with Gasteiger partial charge in [0.2, 0.25) is 0 Å². The second-order valence-corrected chi connectivity index (χ2v) is 9.12. The topological polar surface area (TPSA) is 40.5 Å². The first kappa shape index (κ1) is 19.7. The standard InChI is InChI=1S/C23H32O2/c1-22(2,3)14-17-6-10-19(11-7-17)21(25)20-12-8-18(9-13-20)15-23(4,5)16-24/h6-13,21,24-25H,14-16H2,1-5H3. The minimum atomic E-state index is -0.608. The van der Waals surface area contributed by atoms with Gasteiger partial charge in [0.25, 0.3) is 0 Å². The van der Waals surface area contributed by atoms with Gasteiger partial charge in [-0.1, -0.05) is 83.1 Å². The van der Waals surface area contributed by atoms with Gasteiger partial charge in [-0.25, -0.2) is 0 Å². The number of rotatable bonds is 6. The Bertz CT molecular complexity index is 661. The van der Waals surface area contributed by atoms with E-state index in [1.165, 1.54) is 11.1 Å². The lowest BCUT2D eigenvalue weighted by atomic mass is 9.86. The lowest BCUT2D eigenvalue weighted by Gasteiger charge is -2.22. The second kappa shape index (κ2) is 7.72. The van der Waals surface area contributed by atoms with Crippen molar-refractivity contribution in [2.75, 3.05) is 6.61 Å². The zero-order valence-electron chi connectivity index (χ0n) is 16.2. The molecule has 2 aromatic carbocycles. The zero-order chi connectivity index (χ0) is 18.7. The Kier molecular flexibility index (Phi) is 6.08. The van der Waals surface area contributed by atoms with Gasteiger partial charge in [-0.3, -0.25) is 0 Å². The molecule has 0 saturated heterocycles. The van der Waals surface area contributed by atoms with E-state index >= 15 is 0 Å². The van der Waals surface area contributed by atoms with Crippen molar-refractivity contribution in [3.63, 3.8) is 0 Å².